The van der Waals surface area contributed by atoms with Crippen molar-refractivity contribution in [2.24, 2.45) is 5.92 Å². The smallest absolute Gasteiger partial charge is 0.0745 e. The van der Waals surface area contributed by atoms with Crippen molar-refractivity contribution >= 4 is 22.3 Å². The van der Waals surface area contributed by atoms with E-state index in [1.165, 1.54) is 19.5 Å². The van der Waals surface area contributed by atoms with E-state index in [0.29, 0.717) is 0 Å². The summed E-state index contributed by atoms with van der Waals surface area (Å²) in [7, 11) is 4.33. The summed E-state index contributed by atoms with van der Waals surface area (Å²) < 4.78 is 0. The maximum Gasteiger partial charge on any atom is 0.0745 e. The molecule has 0 amide bonds. The second kappa shape index (κ2) is 5.29. The van der Waals surface area contributed by atoms with Crippen LogP contribution in [0, 0.1) is 5.92 Å². The van der Waals surface area contributed by atoms with Crippen molar-refractivity contribution in [3.63, 3.8) is 0 Å². The Morgan fingerprint density at radius 2 is 2.20 bits per heavy atom. The number of hydrogen-bond donors (Lipinski definition) is 1. The highest BCUT2D eigenvalue weighted by Gasteiger charge is 2.22. The molecular weight excluding hydrogens is 248 g/mol. The van der Waals surface area contributed by atoms with Crippen LogP contribution in [-0.2, 0) is 0 Å². The van der Waals surface area contributed by atoms with Gasteiger partial charge in [-0.1, -0.05) is 18.2 Å². The molecule has 20 heavy (non-hydrogen) atoms. The molecule has 2 aromatic rings. The maximum atomic E-state index is 6.17. The zero-order chi connectivity index (χ0) is 14.1. The molecule has 1 aromatic carbocycles. The van der Waals surface area contributed by atoms with E-state index in [1.807, 2.05) is 18.2 Å². The summed E-state index contributed by atoms with van der Waals surface area (Å²) in [6.45, 7) is 3.42. The van der Waals surface area contributed by atoms with E-state index in [9.17, 15) is 0 Å². The molecule has 4 nitrogen and oxygen atoms in total. The molecule has 2 N–H and O–H groups in total. The summed E-state index contributed by atoms with van der Waals surface area (Å²) >= 11 is 0. The molecular formula is C16H22N4. The molecule has 0 radical (unpaired) electrons. The van der Waals surface area contributed by atoms with Crippen LogP contribution in [0.4, 0.5) is 11.4 Å². The largest absolute Gasteiger partial charge is 0.396 e. The SMILES string of the molecule is CN1CCC(CN(C)c2c(N)cnc3ccccc23)C1. The summed E-state index contributed by atoms with van der Waals surface area (Å²) in [5.41, 5.74) is 9.06. The third-order valence-corrected chi connectivity index (χ3v) is 4.18. The Morgan fingerprint density at radius 3 is 2.95 bits per heavy atom. The number of hydrogen-bond acceptors (Lipinski definition) is 4. The van der Waals surface area contributed by atoms with Crippen molar-refractivity contribution in [2.75, 3.05) is 44.4 Å². The Labute approximate surface area is 120 Å². The average molecular weight is 270 g/mol. The minimum atomic E-state index is 0.719. The highest BCUT2D eigenvalue weighted by Crippen LogP contribution is 2.31. The van der Waals surface area contributed by atoms with Crippen molar-refractivity contribution in [2.45, 2.75) is 6.42 Å². The summed E-state index contributed by atoms with van der Waals surface area (Å²) in [6, 6.07) is 8.20. The second-order valence-electron chi connectivity index (χ2n) is 5.88. The van der Waals surface area contributed by atoms with Crippen LogP contribution in [0.3, 0.4) is 0 Å². The highest BCUT2D eigenvalue weighted by molar-refractivity contribution is 5.97. The predicted octanol–water partition coefficient (Wildman–Crippen LogP) is 2.20. The molecule has 1 aromatic heterocycles. The van der Waals surface area contributed by atoms with E-state index in [1.54, 1.807) is 6.20 Å². The first-order chi connectivity index (χ1) is 9.65. The van der Waals surface area contributed by atoms with Crippen LogP contribution >= 0.6 is 0 Å². The lowest BCUT2D eigenvalue weighted by atomic mass is 10.1. The zero-order valence-corrected chi connectivity index (χ0v) is 12.2. The third-order valence-electron chi connectivity index (χ3n) is 4.18. The van der Waals surface area contributed by atoms with Crippen LogP contribution in [-0.4, -0.2) is 43.6 Å². The van der Waals surface area contributed by atoms with Gasteiger partial charge in [-0.2, -0.15) is 0 Å². The van der Waals surface area contributed by atoms with Gasteiger partial charge in [0, 0.05) is 25.5 Å². The van der Waals surface area contributed by atoms with Gasteiger partial charge in [-0.25, -0.2) is 0 Å². The zero-order valence-electron chi connectivity index (χ0n) is 12.2. The Kier molecular flexibility index (Phi) is 3.49. The average Bonchev–Trinajstić information content (AvgIpc) is 2.83. The molecule has 106 valence electrons. The molecule has 0 spiro atoms. The molecule has 1 unspecified atom stereocenters. The number of pyridine rings is 1. The van der Waals surface area contributed by atoms with Crippen LogP contribution in [0.25, 0.3) is 10.9 Å². The van der Waals surface area contributed by atoms with Gasteiger partial charge < -0.3 is 15.5 Å². The Bertz CT molecular complexity index is 610. The van der Waals surface area contributed by atoms with Crippen LogP contribution in [0.15, 0.2) is 30.5 Å². The van der Waals surface area contributed by atoms with Crippen molar-refractivity contribution in [3.8, 4) is 0 Å². The fourth-order valence-electron chi connectivity index (χ4n) is 3.22. The number of para-hydroxylation sites is 1. The molecule has 2 heterocycles. The lowest BCUT2D eigenvalue weighted by Gasteiger charge is -2.25. The van der Waals surface area contributed by atoms with Crippen molar-refractivity contribution in [1.82, 2.24) is 9.88 Å². The van der Waals surface area contributed by atoms with Gasteiger partial charge in [-0.15, -0.1) is 0 Å². The third kappa shape index (κ3) is 2.43. The maximum absolute atomic E-state index is 6.17. The lowest BCUT2D eigenvalue weighted by Crippen LogP contribution is -2.28. The molecule has 1 atom stereocenters. The van der Waals surface area contributed by atoms with Crippen LogP contribution in [0.5, 0.6) is 0 Å². The summed E-state index contributed by atoms with van der Waals surface area (Å²) in [6.07, 6.45) is 3.04. The minimum absolute atomic E-state index is 0.719. The van der Waals surface area contributed by atoms with E-state index in [2.05, 4.69) is 34.9 Å². The number of nitrogens with two attached hydrogens (primary N) is 1. The standard InChI is InChI=1S/C16H22N4/c1-19-8-7-12(10-19)11-20(2)16-13-5-3-4-6-15(13)18-9-14(16)17/h3-6,9,12H,7-8,10-11,17H2,1-2H3. The normalized spacial score (nSPS) is 19.6. The number of benzene rings is 1. The lowest BCUT2D eigenvalue weighted by molar-refractivity contribution is 0.396. The van der Waals surface area contributed by atoms with E-state index in [0.717, 1.165) is 34.7 Å². The molecule has 0 aliphatic carbocycles. The fourth-order valence-corrected chi connectivity index (χ4v) is 3.22. The van der Waals surface area contributed by atoms with E-state index in [-0.39, 0.29) is 0 Å². The van der Waals surface area contributed by atoms with Gasteiger partial charge >= 0.3 is 0 Å². The number of fused-ring (bicyclic) bond motifs is 1. The first-order valence-electron chi connectivity index (χ1n) is 7.18. The van der Waals surface area contributed by atoms with Crippen molar-refractivity contribution < 1.29 is 0 Å². The van der Waals surface area contributed by atoms with E-state index >= 15 is 0 Å². The van der Waals surface area contributed by atoms with Gasteiger partial charge in [0.15, 0.2) is 0 Å². The second-order valence-corrected chi connectivity index (χ2v) is 5.88. The Morgan fingerprint density at radius 1 is 1.40 bits per heavy atom. The van der Waals surface area contributed by atoms with Gasteiger partial charge in [0.25, 0.3) is 0 Å². The molecule has 1 saturated heterocycles. The summed E-state index contributed by atoms with van der Waals surface area (Å²) in [5, 5.41) is 1.14. The van der Waals surface area contributed by atoms with Gasteiger partial charge in [-0.05, 0) is 32.0 Å². The van der Waals surface area contributed by atoms with Crippen molar-refractivity contribution in [1.29, 1.82) is 0 Å². The molecule has 0 saturated carbocycles. The quantitative estimate of drug-likeness (QED) is 0.929. The highest BCUT2D eigenvalue weighted by atomic mass is 15.2. The molecule has 1 aliphatic heterocycles. The topological polar surface area (TPSA) is 45.4 Å². The van der Waals surface area contributed by atoms with Gasteiger partial charge in [0.05, 0.1) is 23.1 Å². The van der Waals surface area contributed by atoms with Gasteiger partial charge in [0.2, 0.25) is 0 Å². The van der Waals surface area contributed by atoms with E-state index < -0.39 is 0 Å². The molecule has 1 fully saturated rings. The Hall–Kier alpha value is -1.81. The van der Waals surface area contributed by atoms with Crippen molar-refractivity contribution in [3.05, 3.63) is 30.5 Å². The minimum Gasteiger partial charge on any atom is -0.396 e. The number of nitrogens with zero attached hydrogens (tertiary/aromatic N) is 3. The number of rotatable bonds is 3. The van der Waals surface area contributed by atoms with E-state index in [4.69, 9.17) is 5.73 Å². The number of aromatic nitrogens is 1. The summed E-state index contributed by atoms with van der Waals surface area (Å²) in [5.74, 6) is 0.719. The summed E-state index contributed by atoms with van der Waals surface area (Å²) in [4.78, 5) is 9.10. The van der Waals surface area contributed by atoms with Crippen LogP contribution < -0.4 is 10.6 Å². The number of anilines is 2. The van der Waals surface area contributed by atoms with Crippen LogP contribution in [0.1, 0.15) is 6.42 Å². The molecule has 4 heteroatoms. The van der Waals surface area contributed by atoms with Gasteiger partial charge in [-0.3, -0.25) is 4.98 Å². The predicted molar refractivity (Wildman–Crippen MR) is 85.0 cm³/mol. The van der Waals surface area contributed by atoms with Gasteiger partial charge in [0.1, 0.15) is 0 Å². The first-order valence-corrected chi connectivity index (χ1v) is 7.18. The fraction of sp³-hybridized carbons (Fsp3) is 0.438. The first kappa shape index (κ1) is 13.2. The molecule has 1 aliphatic rings. The molecule has 3 rings (SSSR count). The monoisotopic (exact) mass is 270 g/mol. The number of likely N-dealkylation sites (tertiary alicyclic amines) is 1. The molecule has 0 bridgehead atoms. The number of nitrogen functional groups attached to an aromatic ring is 1. The Balaban J connectivity index is 1.90. The van der Waals surface area contributed by atoms with Crippen LogP contribution in [0.2, 0.25) is 0 Å².